The van der Waals surface area contributed by atoms with Crippen molar-refractivity contribution in [2.75, 3.05) is 14.2 Å². The van der Waals surface area contributed by atoms with Crippen molar-refractivity contribution < 1.29 is 24.5 Å². The molecule has 0 spiro atoms. The monoisotopic (exact) mass is 426 g/mol. The fourth-order valence-corrected chi connectivity index (χ4v) is 3.72. The van der Waals surface area contributed by atoms with E-state index in [1.54, 1.807) is 42.5 Å². The average molecular weight is 426 g/mol. The molecule has 0 bridgehead atoms. The molecule has 4 aromatic rings. The fourth-order valence-electron chi connectivity index (χ4n) is 3.72. The van der Waals surface area contributed by atoms with Gasteiger partial charge in [-0.05, 0) is 23.8 Å². The summed E-state index contributed by atoms with van der Waals surface area (Å²) >= 11 is 0. The van der Waals surface area contributed by atoms with E-state index < -0.39 is 0 Å². The summed E-state index contributed by atoms with van der Waals surface area (Å²) < 4.78 is 10.9. The summed E-state index contributed by atoms with van der Waals surface area (Å²) in [7, 11) is 3.00. The molecule has 5 nitrogen and oxygen atoms in total. The highest BCUT2D eigenvalue weighted by atomic mass is 16.5. The lowest BCUT2D eigenvalue weighted by Gasteiger charge is -2.19. The Kier molecular flexibility index (Phi) is 5.81. The molecule has 5 heteroatoms. The molecule has 4 aromatic carbocycles. The molecule has 0 aliphatic rings. The molecule has 0 fully saturated rings. The fraction of sp³-hybridized carbons (Fsp3) is 0.0741. The number of benzene rings is 4. The van der Waals surface area contributed by atoms with Gasteiger partial charge in [-0.1, -0.05) is 60.7 Å². The van der Waals surface area contributed by atoms with E-state index in [9.17, 15) is 15.0 Å². The van der Waals surface area contributed by atoms with Crippen LogP contribution in [-0.2, 0) is 0 Å². The van der Waals surface area contributed by atoms with Crippen LogP contribution in [0.15, 0.2) is 84.9 Å². The Balaban J connectivity index is 2.04. The minimum atomic E-state index is -0.336. The molecule has 0 aromatic heterocycles. The molecular formula is C27H22O5. The highest BCUT2D eigenvalue weighted by molar-refractivity contribution is 6.13. The van der Waals surface area contributed by atoms with E-state index in [0.29, 0.717) is 39.3 Å². The molecular weight excluding hydrogens is 404 g/mol. The van der Waals surface area contributed by atoms with Gasteiger partial charge in [-0.3, -0.25) is 4.79 Å². The van der Waals surface area contributed by atoms with Gasteiger partial charge in [-0.25, -0.2) is 0 Å². The standard InChI is InChI=1S/C27H22O5/c1-31-19-13-14-20(23(28)15-19)21-16-22(25(29)18-11-7-4-8-12-18)26(30)24(27(21)32-2)17-9-5-3-6-10-17/h3-16,28,30H,1-2H3. The lowest BCUT2D eigenvalue weighted by Crippen LogP contribution is -2.05. The van der Waals surface area contributed by atoms with Gasteiger partial charge in [0.05, 0.1) is 25.3 Å². The second kappa shape index (κ2) is 8.86. The zero-order valence-corrected chi connectivity index (χ0v) is 17.7. The lowest BCUT2D eigenvalue weighted by atomic mass is 9.90. The number of hydrogen-bond donors (Lipinski definition) is 2. The molecule has 32 heavy (non-hydrogen) atoms. The summed E-state index contributed by atoms with van der Waals surface area (Å²) in [5.74, 6) is 0.285. The van der Waals surface area contributed by atoms with E-state index >= 15 is 0 Å². The van der Waals surface area contributed by atoms with Crippen molar-refractivity contribution in [1.82, 2.24) is 0 Å². The highest BCUT2D eigenvalue weighted by Crippen LogP contribution is 2.49. The third kappa shape index (κ3) is 3.76. The number of ether oxygens (including phenoxy) is 2. The first-order chi connectivity index (χ1) is 15.5. The molecule has 160 valence electrons. The van der Waals surface area contributed by atoms with Crippen LogP contribution in [0.5, 0.6) is 23.0 Å². The number of ketones is 1. The van der Waals surface area contributed by atoms with Crippen LogP contribution in [0.2, 0.25) is 0 Å². The van der Waals surface area contributed by atoms with Crippen LogP contribution in [0.3, 0.4) is 0 Å². The van der Waals surface area contributed by atoms with E-state index in [1.807, 2.05) is 36.4 Å². The van der Waals surface area contributed by atoms with Gasteiger partial charge in [0.1, 0.15) is 23.0 Å². The van der Waals surface area contributed by atoms with Crippen molar-refractivity contribution in [3.63, 3.8) is 0 Å². The number of carbonyl (C=O) groups is 1. The van der Waals surface area contributed by atoms with Crippen LogP contribution in [0.1, 0.15) is 15.9 Å². The van der Waals surface area contributed by atoms with Gasteiger partial charge in [-0.15, -0.1) is 0 Å². The van der Waals surface area contributed by atoms with E-state index in [-0.39, 0.29) is 22.8 Å². The zero-order chi connectivity index (χ0) is 22.7. The Hall–Kier alpha value is -4.25. The van der Waals surface area contributed by atoms with Crippen molar-refractivity contribution in [1.29, 1.82) is 0 Å². The lowest BCUT2D eigenvalue weighted by molar-refractivity contribution is 0.103. The van der Waals surface area contributed by atoms with Gasteiger partial charge >= 0.3 is 0 Å². The smallest absolute Gasteiger partial charge is 0.196 e. The van der Waals surface area contributed by atoms with Crippen molar-refractivity contribution in [2.45, 2.75) is 0 Å². The maximum absolute atomic E-state index is 13.3. The van der Waals surface area contributed by atoms with Crippen LogP contribution in [0.25, 0.3) is 22.3 Å². The molecule has 0 saturated heterocycles. The predicted octanol–water partition coefficient (Wildman–Crippen LogP) is 5.68. The number of carbonyl (C=O) groups excluding carboxylic acids is 1. The Morgan fingerprint density at radius 2 is 1.41 bits per heavy atom. The van der Waals surface area contributed by atoms with Gasteiger partial charge in [0.2, 0.25) is 0 Å². The third-order valence-electron chi connectivity index (χ3n) is 5.29. The number of methoxy groups -OCH3 is 2. The van der Waals surface area contributed by atoms with Crippen LogP contribution in [-0.4, -0.2) is 30.2 Å². The first kappa shape index (κ1) is 21.0. The quantitative estimate of drug-likeness (QED) is 0.388. The molecule has 0 atom stereocenters. The molecule has 0 saturated carbocycles. The number of aromatic hydroxyl groups is 2. The first-order valence-electron chi connectivity index (χ1n) is 10.0. The second-order valence-corrected chi connectivity index (χ2v) is 7.17. The first-order valence-corrected chi connectivity index (χ1v) is 10.0. The number of rotatable bonds is 6. The molecule has 4 rings (SSSR count). The minimum Gasteiger partial charge on any atom is -0.507 e. The topological polar surface area (TPSA) is 76.0 Å². The Labute approximate surface area is 186 Å². The normalized spacial score (nSPS) is 10.6. The highest BCUT2D eigenvalue weighted by Gasteiger charge is 2.26. The van der Waals surface area contributed by atoms with Crippen LogP contribution in [0, 0.1) is 0 Å². The molecule has 0 heterocycles. The van der Waals surface area contributed by atoms with E-state index in [0.717, 1.165) is 0 Å². The molecule has 0 aliphatic carbocycles. The Morgan fingerprint density at radius 3 is 2.00 bits per heavy atom. The maximum Gasteiger partial charge on any atom is 0.196 e. The van der Waals surface area contributed by atoms with E-state index in [2.05, 4.69) is 0 Å². The molecule has 0 radical (unpaired) electrons. The summed E-state index contributed by atoms with van der Waals surface area (Å²) in [4.78, 5) is 13.3. The van der Waals surface area contributed by atoms with E-state index in [1.165, 1.54) is 20.3 Å². The Morgan fingerprint density at radius 1 is 0.750 bits per heavy atom. The third-order valence-corrected chi connectivity index (χ3v) is 5.29. The van der Waals surface area contributed by atoms with E-state index in [4.69, 9.17) is 9.47 Å². The maximum atomic E-state index is 13.3. The average Bonchev–Trinajstić information content (AvgIpc) is 2.84. The molecule has 0 amide bonds. The van der Waals surface area contributed by atoms with Crippen LogP contribution < -0.4 is 9.47 Å². The zero-order valence-electron chi connectivity index (χ0n) is 17.7. The summed E-state index contributed by atoms with van der Waals surface area (Å²) in [5, 5.41) is 21.9. The SMILES string of the molecule is COc1ccc(-c2cc(C(=O)c3ccccc3)c(O)c(-c3ccccc3)c2OC)c(O)c1. The predicted molar refractivity (Wildman–Crippen MR) is 124 cm³/mol. The van der Waals surface area contributed by atoms with Crippen molar-refractivity contribution in [3.8, 4) is 45.3 Å². The van der Waals surface area contributed by atoms with Crippen molar-refractivity contribution >= 4 is 5.78 Å². The summed E-state index contributed by atoms with van der Waals surface area (Å²) in [6.45, 7) is 0. The number of phenolic OH excluding ortho intramolecular Hbond substituents is 2. The van der Waals surface area contributed by atoms with Crippen molar-refractivity contribution in [2.24, 2.45) is 0 Å². The van der Waals surface area contributed by atoms with Gasteiger partial charge in [0.15, 0.2) is 5.78 Å². The van der Waals surface area contributed by atoms with Crippen molar-refractivity contribution in [3.05, 3.63) is 96.1 Å². The van der Waals surface area contributed by atoms with Crippen LogP contribution in [0.4, 0.5) is 0 Å². The van der Waals surface area contributed by atoms with Crippen LogP contribution >= 0.6 is 0 Å². The largest absolute Gasteiger partial charge is 0.507 e. The Bertz CT molecular complexity index is 1260. The second-order valence-electron chi connectivity index (χ2n) is 7.17. The van der Waals surface area contributed by atoms with Gasteiger partial charge in [0.25, 0.3) is 0 Å². The number of phenols is 2. The summed E-state index contributed by atoms with van der Waals surface area (Å²) in [6, 6.07) is 24.4. The molecule has 0 unspecified atom stereocenters. The van der Waals surface area contributed by atoms with Gasteiger partial charge in [0, 0.05) is 22.8 Å². The number of hydrogen-bond acceptors (Lipinski definition) is 5. The molecule has 2 N–H and O–H groups in total. The van der Waals surface area contributed by atoms with Gasteiger partial charge < -0.3 is 19.7 Å². The molecule has 0 aliphatic heterocycles. The van der Waals surface area contributed by atoms with Gasteiger partial charge in [-0.2, -0.15) is 0 Å². The minimum absolute atomic E-state index is 0.0366. The summed E-state index contributed by atoms with van der Waals surface area (Å²) in [6.07, 6.45) is 0. The summed E-state index contributed by atoms with van der Waals surface area (Å²) in [5.41, 5.74) is 2.53.